The zero-order valence-electron chi connectivity index (χ0n) is 34.1. The largest absolute Gasteiger partial charge is 0.481 e. The minimum atomic E-state index is -0.862. The number of hydrogen-bond donors (Lipinski definition) is 2. The number of carbonyl (C=O) groups excluding carboxylic acids is 1. The van der Waals surface area contributed by atoms with Crippen molar-refractivity contribution in [1.82, 2.24) is 0 Å². The van der Waals surface area contributed by atoms with Gasteiger partial charge in [-0.05, 0) is 43.9 Å². The highest BCUT2D eigenvalue weighted by atomic mass is 16.4. The van der Waals surface area contributed by atoms with Gasteiger partial charge >= 0.3 is 5.97 Å². The molecule has 2 N–H and O–H groups in total. The third kappa shape index (κ3) is 27.7. The molecule has 5 atom stereocenters. The zero-order chi connectivity index (χ0) is 36.5. The molecule has 1 fully saturated rings. The Hall–Kier alpha value is -0.900. The van der Waals surface area contributed by atoms with Crippen molar-refractivity contribution in [3.05, 3.63) is 0 Å². The topological polar surface area (TPSA) is 74.6 Å². The molecule has 0 amide bonds. The van der Waals surface area contributed by atoms with Gasteiger partial charge in [-0.15, -0.1) is 0 Å². The highest BCUT2D eigenvalue weighted by molar-refractivity contribution is 5.80. The minimum absolute atomic E-state index is 0.267. The summed E-state index contributed by atoms with van der Waals surface area (Å²) in [4.78, 5) is 23.0. The van der Waals surface area contributed by atoms with E-state index < -0.39 is 18.0 Å². The molecule has 1 saturated carbocycles. The van der Waals surface area contributed by atoms with Gasteiger partial charge in [0.15, 0.2) is 0 Å². The van der Waals surface area contributed by atoms with E-state index in [0.29, 0.717) is 18.6 Å². The Bertz CT molecular complexity index is 765. The van der Waals surface area contributed by atoms with Crippen molar-refractivity contribution in [2.24, 2.45) is 23.7 Å². The first-order valence-electron chi connectivity index (χ1n) is 22.8. The van der Waals surface area contributed by atoms with Gasteiger partial charge in [0, 0.05) is 12.3 Å². The average Bonchev–Trinajstić information content (AvgIpc) is 3.86. The fourth-order valence-electron chi connectivity index (χ4n) is 8.19. The van der Waals surface area contributed by atoms with Gasteiger partial charge in [0.1, 0.15) is 5.78 Å². The summed E-state index contributed by atoms with van der Waals surface area (Å²) < 4.78 is 0. The lowest BCUT2D eigenvalue weighted by molar-refractivity contribution is -0.146. The van der Waals surface area contributed by atoms with E-state index in [1.807, 2.05) is 6.92 Å². The van der Waals surface area contributed by atoms with Crippen molar-refractivity contribution in [1.29, 1.82) is 0 Å². The predicted molar refractivity (Wildman–Crippen MR) is 216 cm³/mol. The van der Waals surface area contributed by atoms with Crippen LogP contribution in [0.15, 0.2) is 0 Å². The van der Waals surface area contributed by atoms with Gasteiger partial charge in [-0.2, -0.15) is 0 Å². The van der Waals surface area contributed by atoms with E-state index in [1.54, 1.807) is 0 Å². The number of carboxylic acid groups (broad SMARTS) is 1. The standard InChI is InChI=1S/C46H88O4/c1-4-40(3)44(47)37-33-29-25-21-17-13-9-7-6-8-11-15-19-23-27-31-35-41-39-42(41)36-32-28-24-20-16-12-10-14-18-22-26-30-34-38-45(48)43(5-2)46(49)50/h40-43,45,48H,4-39H2,1-3H3,(H,49,50)/t40?,41-,42+,43-,45-/m1/s1. The number of Topliss-reactive ketones (excluding diaryl/α,β-unsaturated/α-hetero) is 1. The van der Waals surface area contributed by atoms with Crippen molar-refractivity contribution in [3.8, 4) is 0 Å². The van der Waals surface area contributed by atoms with Crippen molar-refractivity contribution < 1.29 is 19.8 Å². The number of aliphatic hydroxyl groups excluding tert-OH is 1. The summed E-state index contributed by atoms with van der Waals surface area (Å²) in [6.07, 6.45) is 46.4. The summed E-state index contributed by atoms with van der Waals surface area (Å²) >= 11 is 0. The summed E-state index contributed by atoms with van der Waals surface area (Å²) in [5.41, 5.74) is 0. The van der Waals surface area contributed by atoms with E-state index in [1.165, 1.54) is 186 Å². The number of hydrogen-bond acceptors (Lipinski definition) is 3. The van der Waals surface area contributed by atoms with E-state index in [4.69, 9.17) is 5.11 Å². The summed E-state index contributed by atoms with van der Waals surface area (Å²) in [5, 5.41) is 19.2. The number of aliphatic carboxylic acids is 1. The molecule has 50 heavy (non-hydrogen) atoms. The first kappa shape index (κ1) is 47.1. The fraction of sp³-hybridized carbons (Fsp3) is 0.957. The van der Waals surface area contributed by atoms with Crippen LogP contribution in [0, 0.1) is 23.7 Å². The lowest BCUT2D eigenvalue weighted by Gasteiger charge is -2.17. The molecule has 0 aromatic carbocycles. The maximum atomic E-state index is 11.9. The molecule has 4 heteroatoms. The molecule has 0 saturated heterocycles. The molecule has 1 unspecified atom stereocenters. The molecule has 1 aliphatic carbocycles. The predicted octanol–water partition coefficient (Wildman–Crippen LogP) is 14.6. The van der Waals surface area contributed by atoms with Crippen molar-refractivity contribution >= 4 is 11.8 Å². The van der Waals surface area contributed by atoms with Crippen LogP contribution in [0.1, 0.15) is 252 Å². The molecule has 0 aromatic heterocycles. The maximum Gasteiger partial charge on any atom is 0.309 e. The Morgan fingerprint density at radius 3 is 1.14 bits per heavy atom. The van der Waals surface area contributed by atoms with Crippen LogP contribution in [0.3, 0.4) is 0 Å². The van der Waals surface area contributed by atoms with Crippen LogP contribution < -0.4 is 0 Å². The summed E-state index contributed by atoms with van der Waals surface area (Å²) in [5.74, 6) is 1.44. The van der Waals surface area contributed by atoms with Crippen LogP contribution in [0.25, 0.3) is 0 Å². The molecular weight excluding hydrogens is 617 g/mol. The molecule has 0 radical (unpaired) electrons. The zero-order valence-corrected chi connectivity index (χ0v) is 34.1. The molecule has 0 heterocycles. The van der Waals surface area contributed by atoms with E-state index in [-0.39, 0.29) is 5.92 Å². The van der Waals surface area contributed by atoms with E-state index in [0.717, 1.165) is 43.9 Å². The Kier molecular flexibility index (Phi) is 32.0. The van der Waals surface area contributed by atoms with Crippen LogP contribution >= 0.6 is 0 Å². The Balaban J connectivity index is 1.71. The van der Waals surface area contributed by atoms with E-state index >= 15 is 0 Å². The number of unbranched alkanes of at least 4 members (excludes halogenated alkanes) is 27. The van der Waals surface area contributed by atoms with Gasteiger partial charge in [-0.3, -0.25) is 9.59 Å². The van der Waals surface area contributed by atoms with Gasteiger partial charge < -0.3 is 10.2 Å². The number of ketones is 1. The molecule has 296 valence electrons. The molecule has 0 bridgehead atoms. The Morgan fingerprint density at radius 2 is 0.820 bits per heavy atom. The third-order valence-corrected chi connectivity index (χ3v) is 12.3. The first-order valence-corrected chi connectivity index (χ1v) is 22.8. The molecule has 0 aromatic rings. The number of aliphatic hydroxyl groups is 1. The second-order valence-corrected chi connectivity index (χ2v) is 16.8. The monoisotopic (exact) mass is 705 g/mol. The summed E-state index contributed by atoms with van der Waals surface area (Å²) in [7, 11) is 0. The molecule has 0 spiro atoms. The van der Waals surface area contributed by atoms with Crippen LogP contribution in [0.4, 0.5) is 0 Å². The van der Waals surface area contributed by atoms with E-state index in [2.05, 4.69) is 13.8 Å². The smallest absolute Gasteiger partial charge is 0.309 e. The van der Waals surface area contributed by atoms with Gasteiger partial charge in [0.05, 0.1) is 12.0 Å². The normalized spacial score (nSPS) is 17.5. The second-order valence-electron chi connectivity index (χ2n) is 16.8. The Morgan fingerprint density at radius 1 is 0.500 bits per heavy atom. The third-order valence-electron chi connectivity index (χ3n) is 12.3. The summed E-state index contributed by atoms with van der Waals surface area (Å²) in [6, 6.07) is 0. The average molecular weight is 705 g/mol. The lowest BCUT2D eigenvalue weighted by atomic mass is 9.95. The van der Waals surface area contributed by atoms with Crippen LogP contribution in [0.5, 0.6) is 0 Å². The van der Waals surface area contributed by atoms with Gasteiger partial charge in [0.2, 0.25) is 0 Å². The lowest BCUT2D eigenvalue weighted by Crippen LogP contribution is -2.27. The second kappa shape index (κ2) is 33.9. The molecule has 4 nitrogen and oxygen atoms in total. The molecule has 1 aliphatic rings. The van der Waals surface area contributed by atoms with Gasteiger partial charge in [0.25, 0.3) is 0 Å². The number of carboxylic acids is 1. The number of rotatable bonds is 40. The number of carbonyl (C=O) groups is 2. The van der Waals surface area contributed by atoms with Crippen LogP contribution in [0.2, 0.25) is 0 Å². The van der Waals surface area contributed by atoms with Crippen LogP contribution in [-0.4, -0.2) is 28.1 Å². The van der Waals surface area contributed by atoms with Gasteiger partial charge in [-0.25, -0.2) is 0 Å². The van der Waals surface area contributed by atoms with Crippen molar-refractivity contribution in [3.63, 3.8) is 0 Å². The molecule has 1 rings (SSSR count). The van der Waals surface area contributed by atoms with E-state index in [9.17, 15) is 14.7 Å². The van der Waals surface area contributed by atoms with Gasteiger partial charge in [-0.1, -0.05) is 213 Å². The highest BCUT2D eigenvalue weighted by Crippen LogP contribution is 2.45. The quantitative estimate of drug-likeness (QED) is 0.0623. The highest BCUT2D eigenvalue weighted by Gasteiger charge is 2.35. The SMILES string of the molecule is CCC(C)C(=O)CCCCCCCCCCCCCCCCCC[C@@H]1C[C@@H]1CCCCCCCCCCCCCCC[C@@H](O)[C@@H](CC)C(=O)O. The Labute approximate surface area is 312 Å². The fourth-order valence-corrected chi connectivity index (χ4v) is 8.19. The minimum Gasteiger partial charge on any atom is -0.481 e. The van der Waals surface area contributed by atoms with Crippen LogP contribution in [-0.2, 0) is 9.59 Å². The molecular formula is C46H88O4. The summed E-state index contributed by atoms with van der Waals surface area (Å²) in [6.45, 7) is 6.02. The molecule has 0 aliphatic heterocycles. The first-order chi connectivity index (χ1) is 24.4. The maximum absolute atomic E-state index is 11.9. The van der Waals surface area contributed by atoms with Crippen molar-refractivity contribution in [2.75, 3.05) is 0 Å². The van der Waals surface area contributed by atoms with Crippen molar-refractivity contribution in [2.45, 2.75) is 258 Å².